The first-order valence-electron chi connectivity index (χ1n) is 4.44. The van der Waals surface area contributed by atoms with E-state index in [0.29, 0.717) is 0 Å². The summed E-state index contributed by atoms with van der Waals surface area (Å²) in [7, 11) is 0. The summed E-state index contributed by atoms with van der Waals surface area (Å²) >= 11 is 0. The minimum Gasteiger partial charge on any atom is -0.481 e. The molecule has 0 heterocycles. The van der Waals surface area contributed by atoms with Gasteiger partial charge in [-0.15, -0.1) is 0 Å². The Morgan fingerprint density at radius 1 is 1.50 bits per heavy atom. The van der Waals surface area contributed by atoms with E-state index in [4.69, 9.17) is 6.48 Å². The molecule has 1 N–H and O–H groups in total. The third kappa shape index (κ3) is 2.38. The van der Waals surface area contributed by atoms with Gasteiger partial charge in [-0.05, 0) is 18.8 Å². The fourth-order valence-electron chi connectivity index (χ4n) is 1.50. The van der Waals surface area contributed by atoms with Crippen LogP contribution in [0.2, 0.25) is 0 Å². The molecule has 10 heavy (non-hydrogen) atoms. The van der Waals surface area contributed by atoms with E-state index in [-0.39, 0.29) is 5.92 Å². The van der Waals surface area contributed by atoms with Crippen LogP contribution in [0.15, 0.2) is 0 Å². The molecule has 0 saturated heterocycles. The highest BCUT2D eigenvalue weighted by Crippen LogP contribution is 2.25. The highest BCUT2D eigenvalue weighted by molar-refractivity contribution is 5.66. The first-order chi connectivity index (χ1) is 5.22. The molecule has 0 amide bonds. The van der Waals surface area contributed by atoms with Crippen LogP contribution in [-0.4, -0.2) is 11.1 Å². The summed E-state index contributed by atoms with van der Waals surface area (Å²) in [6.07, 6.45) is 4.40. The predicted molar refractivity (Wildman–Crippen MR) is 38.8 cm³/mol. The van der Waals surface area contributed by atoms with Crippen LogP contribution in [0.25, 0.3) is 0 Å². The average Bonchev–Trinajstić information content (AvgIpc) is 2.05. The summed E-state index contributed by atoms with van der Waals surface area (Å²) in [4.78, 5) is 10.4. The molecule has 1 saturated carbocycles. The monoisotopic (exact) mass is 143 g/mol. The minimum absolute atomic E-state index is 0.112. The van der Waals surface area contributed by atoms with Crippen molar-refractivity contribution in [1.29, 1.82) is 0 Å². The SMILES string of the molecule is [2H][C@H](C(=O)O)C1CCCCC1. The van der Waals surface area contributed by atoms with Crippen LogP contribution < -0.4 is 0 Å². The molecule has 0 aromatic heterocycles. The summed E-state index contributed by atoms with van der Waals surface area (Å²) in [6, 6.07) is 0. The van der Waals surface area contributed by atoms with E-state index < -0.39 is 12.4 Å². The summed E-state index contributed by atoms with van der Waals surface area (Å²) in [6.45, 7) is 0. The first-order valence-corrected chi connectivity index (χ1v) is 3.87. The minimum atomic E-state index is -0.961. The number of carboxylic acid groups (broad SMARTS) is 1. The number of carboxylic acids is 1. The maximum absolute atomic E-state index is 10.4. The van der Waals surface area contributed by atoms with Crippen molar-refractivity contribution in [2.75, 3.05) is 0 Å². The van der Waals surface area contributed by atoms with Crippen molar-refractivity contribution in [3.63, 3.8) is 0 Å². The van der Waals surface area contributed by atoms with E-state index in [1.54, 1.807) is 0 Å². The van der Waals surface area contributed by atoms with Gasteiger partial charge in [0.2, 0.25) is 0 Å². The molecule has 1 rings (SSSR count). The van der Waals surface area contributed by atoms with Gasteiger partial charge in [-0.25, -0.2) is 0 Å². The second kappa shape index (κ2) is 3.59. The van der Waals surface area contributed by atoms with Gasteiger partial charge in [0.25, 0.3) is 0 Å². The van der Waals surface area contributed by atoms with Crippen LogP contribution in [0.4, 0.5) is 0 Å². The lowest BCUT2D eigenvalue weighted by Gasteiger charge is -2.18. The fraction of sp³-hybridized carbons (Fsp3) is 0.875. The second-order valence-corrected chi connectivity index (χ2v) is 2.90. The molecule has 1 aliphatic carbocycles. The van der Waals surface area contributed by atoms with E-state index in [1.165, 1.54) is 6.42 Å². The van der Waals surface area contributed by atoms with Gasteiger partial charge in [0.15, 0.2) is 0 Å². The van der Waals surface area contributed by atoms with Crippen molar-refractivity contribution in [2.24, 2.45) is 5.92 Å². The van der Waals surface area contributed by atoms with E-state index in [0.717, 1.165) is 25.7 Å². The van der Waals surface area contributed by atoms with E-state index in [9.17, 15) is 4.79 Å². The van der Waals surface area contributed by atoms with Gasteiger partial charge in [0.05, 0.1) is 0 Å². The van der Waals surface area contributed by atoms with Gasteiger partial charge in [-0.2, -0.15) is 0 Å². The number of hydrogen-bond donors (Lipinski definition) is 1. The third-order valence-corrected chi connectivity index (χ3v) is 2.03. The Morgan fingerprint density at radius 2 is 2.10 bits per heavy atom. The van der Waals surface area contributed by atoms with E-state index in [2.05, 4.69) is 0 Å². The number of hydrogen-bond acceptors (Lipinski definition) is 1. The van der Waals surface area contributed by atoms with Crippen LogP contribution in [0.5, 0.6) is 0 Å². The van der Waals surface area contributed by atoms with Crippen molar-refractivity contribution in [1.82, 2.24) is 0 Å². The summed E-state index contributed by atoms with van der Waals surface area (Å²) in [5, 5.41) is 8.55. The Balaban J connectivity index is 2.38. The maximum Gasteiger partial charge on any atom is 0.303 e. The topological polar surface area (TPSA) is 37.3 Å². The lowest BCUT2D eigenvalue weighted by molar-refractivity contribution is -0.138. The summed E-state index contributed by atoms with van der Waals surface area (Å²) < 4.78 is 7.32. The van der Waals surface area contributed by atoms with Gasteiger partial charge >= 0.3 is 5.97 Å². The molecule has 0 aromatic carbocycles. The molecular formula is C8H14O2. The van der Waals surface area contributed by atoms with Gasteiger partial charge in [-0.3, -0.25) is 4.79 Å². The van der Waals surface area contributed by atoms with Gasteiger partial charge in [-0.1, -0.05) is 19.3 Å². The molecule has 0 bridgehead atoms. The molecule has 2 nitrogen and oxygen atoms in total. The summed E-state index contributed by atoms with van der Waals surface area (Å²) in [5.41, 5.74) is 0. The Labute approximate surface area is 62.6 Å². The number of aliphatic carboxylic acids is 1. The molecule has 0 unspecified atom stereocenters. The van der Waals surface area contributed by atoms with E-state index >= 15 is 0 Å². The molecule has 1 aliphatic rings. The molecule has 1 fully saturated rings. The molecule has 58 valence electrons. The highest BCUT2D eigenvalue weighted by atomic mass is 16.4. The molecular weight excluding hydrogens is 128 g/mol. The van der Waals surface area contributed by atoms with Crippen LogP contribution in [-0.2, 0) is 4.79 Å². The maximum atomic E-state index is 10.4. The predicted octanol–water partition coefficient (Wildman–Crippen LogP) is 2.04. The van der Waals surface area contributed by atoms with Crippen LogP contribution >= 0.6 is 0 Å². The first kappa shape index (κ1) is 6.20. The van der Waals surface area contributed by atoms with Gasteiger partial charge in [0, 0.05) is 7.77 Å². The smallest absolute Gasteiger partial charge is 0.303 e. The molecule has 2 heteroatoms. The number of carbonyl (C=O) groups is 1. The molecule has 1 atom stereocenters. The Hall–Kier alpha value is -0.530. The summed E-state index contributed by atoms with van der Waals surface area (Å²) in [5.74, 6) is -0.849. The lowest BCUT2D eigenvalue weighted by Crippen LogP contribution is -2.10. The van der Waals surface area contributed by atoms with Crippen molar-refractivity contribution >= 4 is 5.97 Å². The van der Waals surface area contributed by atoms with Crippen molar-refractivity contribution < 1.29 is 11.3 Å². The zero-order chi connectivity index (χ0) is 8.27. The molecule has 0 aliphatic heterocycles. The third-order valence-electron chi connectivity index (χ3n) is 2.03. The van der Waals surface area contributed by atoms with Crippen LogP contribution in [0, 0.1) is 5.92 Å². The Morgan fingerprint density at radius 3 is 2.60 bits per heavy atom. The van der Waals surface area contributed by atoms with E-state index in [1.807, 2.05) is 0 Å². The van der Waals surface area contributed by atoms with Crippen molar-refractivity contribution in [2.45, 2.75) is 38.5 Å². The van der Waals surface area contributed by atoms with Crippen molar-refractivity contribution in [3.8, 4) is 0 Å². The lowest BCUT2D eigenvalue weighted by atomic mass is 9.87. The molecule has 0 aromatic rings. The zero-order valence-corrected chi connectivity index (χ0v) is 6.05. The highest BCUT2D eigenvalue weighted by Gasteiger charge is 2.15. The quantitative estimate of drug-likeness (QED) is 0.642. The normalized spacial score (nSPS) is 25.4. The van der Waals surface area contributed by atoms with Crippen LogP contribution in [0.1, 0.15) is 39.9 Å². The van der Waals surface area contributed by atoms with Crippen LogP contribution in [0.3, 0.4) is 0 Å². The fourth-order valence-corrected chi connectivity index (χ4v) is 1.50. The Bertz CT molecular complexity index is 141. The van der Waals surface area contributed by atoms with Gasteiger partial charge < -0.3 is 5.11 Å². The standard InChI is InChI=1S/C8H14O2/c9-8(10)6-7-4-2-1-3-5-7/h7H,1-6H2,(H,9,10)/i6D/t6-/m0/s1. The molecule has 0 radical (unpaired) electrons. The molecule has 0 spiro atoms. The zero-order valence-electron chi connectivity index (χ0n) is 7.05. The van der Waals surface area contributed by atoms with Gasteiger partial charge in [0.1, 0.15) is 0 Å². The largest absolute Gasteiger partial charge is 0.481 e. The van der Waals surface area contributed by atoms with Crippen molar-refractivity contribution in [3.05, 3.63) is 0 Å². The Kier molecular flexibility index (Phi) is 2.23. The average molecular weight is 143 g/mol. The number of rotatable bonds is 2. The second-order valence-electron chi connectivity index (χ2n) is 2.90.